The van der Waals surface area contributed by atoms with Crippen LogP contribution in [-0.2, 0) is 0 Å². The van der Waals surface area contributed by atoms with Gasteiger partial charge in [0.25, 0.3) is 11.5 Å². The number of pyridine rings is 1. The Labute approximate surface area is 130 Å². The highest BCUT2D eigenvalue weighted by atomic mass is 16.2. The highest BCUT2D eigenvalue weighted by Gasteiger charge is 2.23. The normalized spacial score (nSPS) is 12.7. The topological polar surface area (TPSA) is 62.0 Å². The molecule has 0 fully saturated rings. The molecule has 1 aromatic heterocycles. The van der Waals surface area contributed by atoms with Crippen LogP contribution in [0.4, 0.5) is 0 Å². The Morgan fingerprint density at radius 2 is 1.73 bits per heavy atom. The fraction of sp³-hybridized carbons (Fsp3) is 0.333. The fourth-order valence-electron chi connectivity index (χ4n) is 1.93. The molecule has 4 nitrogen and oxygen atoms in total. The number of carbonyl (C=O) groups is 1. The van der Waals surface area contributed by atoms with Crippen LogP contribution < -0.4 is 10.9 Å². The Bertz CT molecular complexity index is 712. The number of aromatic amines is 1. The van der Waals surface area contributed by atoms with Crippen LogP contribution in [0.3, 0.4) is 0 Å². The largest absolute Gasteiger partial charge is 0.349 e. The highest BCUT2D eigenvalue weighted by Crippen LogP contribution is 2.19. The second-order valence-corrected chi connectivity index (χ2v) is 6.54. The van der Waals surface area contributed by atoms with Gasteiger partial charge < -0.3 is 10.3 Å². The van der Waals surface area contributed by atoms with Gasteiger partial charge in [0.05, 0.1) is 0 Å². The van der Waals surface area contributed by atoms with E-state index in [1.165, 1.54) is 0 Å². The zero-order valence-electron chi connectivity index (χ0n) is 13.4. The van der Waals surface area contributed by atoms with Gasteiger partial charge in [-0.25, -0.2) is 0 Å². The first-order valence-corrected chi connectivity index (χ1v) is 7.38. The molecule has 0 aliphatic rings. The van der Waals surface area contributed by atoms with Gasteiger partial charge in [0, 0.05) is 11.7 Å². The van der Waals surface area contributed by atoms with Gasteiger partial charge in [-0.05, 0) is 30.0 Å². The zero-order chi connectivity index (χ0) is 16.3. The van der Waals surface area contributed by atoms with Crippen molar-refractivity contribution in [1.82, 2.24) is 10.3 Å². The molecule has 0 bridgehead atoms. The zero-order valence-corrected chi connectivity index (χ0v) is 13.4. The molecule has 0 aliphatic carbocycles. The van der Waals surface area contributed by atoms with Crippen molar-refractivity contribution in [1.29, 1.82) is 0 Å². The molecule has 2 aromatic rings. The van der Waals surface area contributed by atoms with E-state index >= 15 is 0 Å². The number of nitrogens with one attached hydrogen (secondary N) is 2. The molecule has 1 heterocycles. The van der Waals surface area contributed by atoms with Crippen LogP contribution in [0.25, 0.3) is 11.3 Å². The van der Waals surface area contributed by atoms with Crippen molar-refractivity contribution in [2.24, 2.45) is 5.41 Å². The van der Waals surface area contributed by atoms with Gasteiger partial charge in [0.2, 0.25) is 0 Å². The summed E-state index contributed by atoms with van der Waals surface area (Å²) in [7, 11) is 0. The summed E-state index contributed by atoms with van der Waals surface area (Å²) in [4.78, 5) is 27.2. The summed E-state index contributed by atoms with van der Waals surface area (Å²) in [5, 5.41) is 2.88. The number of rotatable bonds is 3. The standard InChI is InChI=1S/C18H22N2O2/c1-12(18(2,3)4)19-16(21)14-10-11-15(20-17(14)22)13-8-6-5-7-9-13/h5-12H,1-4H3,(H,19,21)(H,20,22)/t12-/m1/s1. The molecule has 0 saturated carbocycles. The van der Waals surface area contributed by atoms with Gasteiger partial charge in [0.1, 0.15) is 5.56 Å². The first-order valence-electron chi connectivity index (χ1n) is 7.38. The Balaban J connectivity index is 2.24. The van der Waals surface area contributed by atoms with Gasteiger partial charge in [-0.3, -0.25) is 9.59 Å². The predicted molar refractivity (Wildman–Crippen MR) is 88.9 cm³/mol. The Kier molecular flexibility index (Phi) is 4.50. The molecule has 0 saturated heterocycles. The molecule has 0 radical (unpaired) electrons. The maximum Gasteiger partial charge on any atom is 0.261 e. The molecule has 0 unspecified atom stereocenters. The molecular formula is C18H22N2O2. The second-order valence-electron chi connectivity index (χ2n) is 6.54. The average Bonchev–Trinajstić information content (AvgIpc) is 2.46. The van der Waals surface area contributed by atoms with Crippen molar-refractivity contribution in [2.45, 2.75) is 33.7 Å². The van der Waals surface area contributed by atoms with Gasteiger partial charge in [-0.15, -0.1) is 0 Å². The van der Waals surface area contributed by atoms with E-state index in [2.05, 4.69) is 10.3 Å². The molecule has 116 valence electrons. The summed E-state index contributed by atoms with van der Waals surface area (Å²) in [6.07, 6.45) is 0. The van der Waals surface area contributed by atoms with E-state index in [-0.39, 0.29) is 28.5 Å². The lowest BCUT2D eigenvalue weighted by molar-refractivity contribution is 0.0908. The molecule has 1 amide bonds. The van der Waals surface area contributed by atoms with E-state index in [1.807, 2.05) is 58.0 Å². The smallest absolute Gasteiger partial charge is 0.261 e. The number of amides is 1. The maximum atomic E-state index is 12.2. The molecular weight excluding hydrogens is 276 g/mol. The molecule has 0 spiro atoms. The minimum Gasteiger partial charge on any atom is -0.349 e. The number of H-pyrrole nitrogens is 1. The number of hydrogen-bond donors (Lipinski definition) is 2. The van der Waals surface area contributed by atoms with E-state index in [0.29, 0.717) is 5.69 Å². The van der Waals surface area contributed by atoms with Crippen LogP contribution in [0.1, 0.15) is 38.1 Å². The lowest BCUT2D eigenvalue weighted by Crippen LogP contribution is -2.43. The van der Waals surface area contributed by atoms with Gasteiger partial charge in [0.15, 0.2) is 0 Å². The minimum atomic E-state index is -0.375. The summed E-state index contributed by atoms with van der Waals surface area (Å²) in [6, 6.07) is 12.8. The lowest BCUT2D eigenvalue weighted by atomic mass is 9.88. The summed E-state index contributed by atoms with van der Waals surface area (Å²) in [6.45, 7) is 8.06. The molecule has 1 aromatic carbocycles. The third kappa shape index (κ3) is 3.64. The van der Waals surface area contributed by atoms with Crippen LogP contribution >= 0.6 is 0 Å². The van der Waals surface area contributed by atoms with Gasteiger partial charge >= 0.3 is 0 Å². The van der Waals surface area contributed by atoms with Crippen LogP contribution in [0.5, 0.6) is 0 Å². The number of carbonyl (C=O) groups excluding carboxylic acids is 1. The van der Waals surface area contributed by atoms with E-state index in [0.717, 1.165) is 5.56 Å². The van der Waals surface area contributed by atoms with Crippen LogP contribution in [-0.4, -0.2) is 16.9 Å². The van der Waals surface area contributed by atoms with Crippen LogP contribution in [0.15, 0.2) is 47.3 Å². The second kappa shape index (κ2) is 6.18. The maximum absolute atomic E-state index is 12.2. The first kappa shape index (κ1) is 16.0. The Morgan fingerprint density at radius 3 is 2.27 bits per heavy atom. The van der Waals surface area contributed by atoms with Crippen LogP contribution in [0.2, 0.25) is 0 Å². The average molecular weight is 298 g/mol. The Morgan fingerprint density at radius 1 is 1.09 bits per heavy atom. The quantitative estimate of drug-likeness (QED) is 0.914. The number of benzene rings is 1. The fourth-order valence-corrected chi connectivity index (χ4v) is 1.93. The Hall–Kier alpha value is -2.36. The van der Waals surface area contributed by atoms with Crippen molar-refractivity contribution >= 4 is 5.91 Å². The van der Waals surface area contributed by atoms with Crippen molar-refractivity contribution in [3.05, 3.63) is 58.4 Å². The van der Waals surface area contributed by atoms with Gasteiger partial charge in [-0.2, -0.15) is 0 Å². The summed E-state index contributed by atoms with van der Waals surface area (Å²) in [5.74, 6) is -0.344. The third-order valence-electron chi connectivity index (χ3n) is 3.89. The van der Waals surface area contributed by atoms with Crippen molar-refractivity contribution < 1.29 is 4.79 Å². The third-order valence-corrected chi connectivity index (χ3v) is 3.89. The SMILES string of the molecule is C[C@@H](NC(=O)c1ccc(-c2ccccc2)[nH]c1=O)C(C)(C)C. The summed E-state index contributed by atoms with van der Waals surface area (Å²) < 4.78 is 0. The van der Waals surface area contributed by atoms with E-state index in [9.17, 15) is 9.59 Å². The van der Waals surface area contributed by atoms with Crippen molar-refractivity contribution in [3.8, 4) is 11.3 Å². The molecule has 22 heavy (non-hydrogen) atoms. The molecule has 2 rings (SSSR count). The van der Waals surface area contributed by atoms with Crippen molar-refractivity contribution in [2.75, 3.05) is 0 Å². The van der Waals surface area contributed by atoms with E-state index in [1.54, 1.807) is 12.1 Å². The van der Waals surface area contributed by atoms with Crippen LogP contribution in [0, 0.1) is 5.41 Å². The minimum absolute atomic E-state index is 0.0341. The molecule has 4 heteroatoms. The summed E-state index contributed by atoms with van der Waals surface area (Å²) in [5.41, 5.74) is 1.31. The number of aromatic nitrogens is 1. The number of hydrogen-bond acceptors (Lipinski definition) is 2. The molecule has 1 atom stereocenters. The first-order chi connectivity index (χ1) is 10.3. The molecule has 2 N–H and O–H groups in total. The monoisotopic (exact) mass is 298 g/mol. The van der Waals surface area contributed by atoms with Crippen molar-refractivity contribution in [3.63, 3.8) is 0 Å². The van der Waals surface area contributed by atoms with E-state index in [4.69, 9.17) is 0 Å². The predicted octanol–water partition coefficient (Wildman–Crippen LogP) is 3.21. The van der Waals surface area contributed by atoms with E-state index < -0.39 is 0 Å². The highest BCUT2D eigenvalue weighted by molar-refractivity contribution is 5.94. The van der Waals surface area contributed by atoms with Gasteiger partial charge in [-0.1, -0.05) is 51.1 Å². The summed E-state index contributed by atoms with van der Waals surface area (Å²) >= 11 is 0. The molecule has 0 aliphatic heterocycles. The lowest BCUT2D eigenvalue weighted by Gasteiger charge is -2.27.